The van der Waals surface area contributed by atoms with Crippen LogP contribution >= 0.6 is 0 Å². The number of oxazole rings is 1. The molecule has 0 unspecified atom stereocenters. The number of fused-ring (bicyclic) bond motifs is 1. The molecule has 0 radical (unpaired) electrons. The summed E-state index contributed by atoms with van der Waals surface area (Å²) in [5.74, 6) is -2.46. The number of nitrogens with zero attached hydrogens (tertiary/aromatic N) is 1. The highest BCUT2D eigenvalue weighted by molar-refractivity contribution is 5.92. The van der Waals surface area contributed by atoms with E-state index in [1.54, 1.807) is 24.3 Å². The summed E-state index contributed by atoms with van der Waals surface area (Å²) in [5.41, 5.74) is 1.19. The summed E-state index contributed by atoms with van der Waals surface area (Å²) < 4.78 is 23.8. The summed E-state index contributed by atoms with van der Waals surface area (Å²) in [5, 5.41) is 2.45. The van der Waals surface area contributed by atoms with Gasteiger partial charge in [-0.2, -0.15) is 0 Å². The van der Waals surface area contributed by atoms with Crippen molar-refractivity contribution in [2.24, 2.45) is 0 Å². The van der Waals surface area contributed by atoms with Crippen LogP contribution in [-0.2, 0) is 20.9 Å². The van der Waals surface area contributed by atoms with Crippen LogP contribution in [0.2, 0.25) is 0 Å². The van der Waals surface area contributed by atoms with E-state index in [0.29, 0.717) is 16.8 Å². The Balaban J connectivity index is 1.57. The number of hydrogen-bond donors (Lipinski definition) is 1. The number of para-hydroxylation sites is 2. The highest BCUT2D eigenvalue weighted by Crippen LogP contribution is 2.11. The Morgan fingerprint density at radius 2 is 1.84 bits per heavy atom. The van der Waals surface area contributed by atoms with Crippen molar-refractivity contribution < 1.29 is 23.1 Å². The Morgan fingerprint density at radius 1 is 1.12 bits per heavy atom. The molecule has 0 aliphatic heterocycles. The van der Waals surface area contributed by atoms with Crippen LogP contribution in [0, 0.1) is 5.82 Å². The molecule has 0 aliphatic carbocycles. The van der Waals surface area contributed by atoms with E-state index in [1.807, 2.05) is 0 Å². The lowest BCUT2D eigenvalue weighted by atomic mass is 10.3. The van der Waals surface area contributed by atoms with E-state index in [1.165, 1.54) is 24.3 Å². The number of benzene rings is 2. The normalized spacial score (nSPS) is 10.6. The first-order valence-electron chi connectivity index (χ1n) is 7.32. The monoisotopic (exact) mass is 344 g/mol. The third-order valence-electron chi connectivity index (χ3n) is 3.35. The molecule has 8 heteroatoms. The summed E-state index contributed by atoms with van der Waals surface area (Å²) >= 11 is 0. The Bertz CT molecular complexity index is 975. The van der Waals surface area contributed by atoms with Crippen LogP contribution in [0.25, 0.3) is 11.1 Å². The highest BCUT2D eigenvalue weighted by atomic mass is 19.1. The van der Waals surface area contributed by atoms with Gasteiger partial charge in [0.25, 0.3) is 5.91 Å². The number of halogens is 1. The number of amides is 1. The second-order valence-electron chi connectivity index (χ2n) is 5.14. The van der Waals surface area contributed by atoms with Crippen molar-refractivity contribution >= 4 is 28.7 Å². The van der Waals surface area contributed by atoms with Crippen LogP contribution in [0.4, 0.5) is 10.1 Å². The molecule has 3 rings (SSSR count). The maximum Gasteiger partial charge on any atom is 0.420 e. The lowest BCUT2D eigenvalue weighted by Gasteiger charge is -2.07. The van der Waals surface area contributed by atoms with Gasteiger partial charge in [0.1, 0.15) is 12.4 Å². The van der Waals surface area contributed by atoms with Gasteiger partial charge in [-0.1, -0.05) is 12.1 Å². The minimum absolute atomic E-state index is 0.356. The van der Waals surface area contributed by atoms with Gasteiger partial charge in [-0.25, -0.2) is 9.18 Å². The van der Waals surface area contributed by atoms with Gasteiger partial charge in [0.2, 0.25) is 0 Å². The van der Waals surface area contributed by atoms with Crippen molar-refractivity contribution in [1.82, 2.24) is 4.57 Å². The zero-order valence-electron chi connectivity index (χ0n) is 12.9. The number of esters is 1. The molecule has 0 spiro atoms. The fourth-order valence-electron chi connectivity index (χ4n) is 2.21. The average molecular weight is 344 g/mol. The van der Waals surface area contributed by atoms with Crippen LogP contribution in [0.5, 0.6) is 0 Å². The fraction of sp³-hybridized carbons (Fsp3) is 0.118. The van der Waals surface area contributed by atoms with Gasteiger partial charge in [0, 0.05) is 5.69 Å². The topological polar surface area (TPSA) is 90.5 Å². The molecule has 1 N–H and O–H groups in total. The van der Waals surface area contributed by atoms with Crippen LogP contribution in [0.15, 0.2) is 57.7 Å². The number of hydrogen-bond acceptors (Lipinski definition) is 5. The first-order valence-corrected chi connectivity index (χ1v) is 7.32. The Kier molecular flexibility index (Phi) is 4.60. The number of ether oxygens (including phenoxy) is 1. The highest BCUT2D eigenvalue weighted by Gasteiger charge is 2.14. The van der Waals surface area contributed by atoms with E-state index < -0.39 is 30.1 Å². The zero-order valence-corrected chi connectivity index (χ0v) is 12.9. The predicted molar refractivity (Wildman–Crippen MR) is 86.5 cm³/mol. The zero-order chi connectivity index (χ0) is 17.8. The van der Waals surface area contributed by atoms with E-state index in [-0.39, 0.29) is 6.54 Å². The molecule has 128 valence electrons. The summed E-state index contributed by atoms with van der Waals surface area (Å²) in [4.78, 5) is 35.3. The molecule has 1 amide bonds. The molecular formula is C17H13FN2O5. The van der Waals surface area contributed by atoms with Crippen molar-refractivity contribution in [2.45, 2.75) is 6.54 Å². The molecule has 1 aromatic heterocycles. The smallest absolute Gasteiger partial charge is 0.420 e. The largest absolute Gasteiger partial charge is 0.454 e. The summed E-state index contributed by atoms with van der Waals surface area (Å²) in [6.07, 6.45) is 0. The van der Waals surface area contributed by atoms with Crippen LogP contribution in [0.3, 0.4) is 0 Å². The van der Waals surface area contributed by atoms with Crippen molar-refractivity contribution in [2.75, 3.05) is 11.9 Å². The molecule has 0 fully saturated rings. The van der Waals surface area contributed by atoms with Gasteiger partial charge in [-0.15, -0.1) is 0 Å². The molecule has 0 saturated carbocycles. The van der Waals surface area contributed by atoms with Crippen molar-refractivity contribution in [3.05, 3.63) is 64.9 Å². The van der Waals surface area contributed by atoms with Crippen LogP contribution in [-0.4, -0.2) is 23.1 Å². The van der Waals surface area contributed by atoms with Gasteiger partial charge >= 0.3 is 11.7 Å². The standard InChI is InChI=1S/C17H13FN2O5/c18-11-5-7-12(8-6-11)19-15(21)10-24-16(22)9-20-13-3-1-2-4-14(13)25-17(20)23/h1-8H,9-10H2,(H,19,21). The maximum absolute atomic E-state index is 12.8. The van der Waals surface area contributed by atoms with Crippen LogP contribution < -0.4 is 11.1 Å². The molecule has 2 aromatic carbocycles. The molecule has 0 bridgehead atoms. The summed E-state index contributed by atoms with van der Waals surface area (Å²) in [6.45, 7) is -0.902. The second-order valence-corrected chi connectivity index (χ2v) is 5.14. The lowest BCUT2D eigenvalue weighted by Crippen LogP contribution is -2.25. The van der Waals surface area contributed by atoms with E-state index in [2.05, 4.69) is 5.32 Å². The van der Waals surface area contributed by atoms with E-state index in [0.717, 1.165) is 4.57 Å². The molecule has 7 nitrogen and oxygen atoms in total. The van der Waals surface area contributed by atoms with Crippen molar-refractivity contribution in [3.8, 4) is 0 Å². The van der Waals surface area contributed by atoms with E-state index in [4.69, 9.17) is 9.15 Å². The van der Waals surface area contributed by atoms with Crippen LogP contribution in [0.1, 0.15) is 0 Å². The first-order chi connectivity index (χ1) is 12.0. The SMILES string of the molecule is O=C(COC(=O)Cn1c(=O)oc2ccccc21)Nc1ccc(F)cc1. The number of anilines is 1. The van der Waals surface area contributed by atoms with E-state index in [9.17, 15) is 18.8 Å². The van der Waals surface area contributed by atoms with Gasteiger partial charge in [-0.3, -0.25) is 14.2 Å². The quantitative estimate of drug-likeness (QED) is 0.714. The number of carbonyl (C=O) groups excluding carboxylic acids is 2. The third-order valence-corrected chi connectivity index (χ3v) is 3.35. The Labute approximate surface area is 140 Å². The van der Waals surface area contributed by atoms with Gasteiger partial charge < -0.3 is 14.5 Å². The average Bonchev–Trinajstić information content (AvgIpc) is 2.91. The third kappa shape index (κ3) is 3.92. The minimum atomic E-state index is -0.761. The second kappa shape index (κ2) is 7.00. The van der Waals surface area contributed by atoms with E-state index >= 15 is 0 Å². The molecule has 1 heterocycles. The molecule has 0 aliphatic rings. The van der Waals surface area contributed by atoms with Gasteiger partial charge in [0.05, 0.1) is 5.52 Å². The number of rotatable bonds is 5. The summed E-state index contributed by atoms with van der Waals surface area (Å²) in [7, 11) is 0. The lowest BCUT2D eigenvalue weighted by molar-refractivity contribution is -0.147. The maximum atomic E-state index is 12.8. The first kappa shape index (κ1) is 16.4. The molecule has 3 aromatic rings. The van der Waals surface area contributed by atoms with Gasteiger partial charge in [0.15, 0.2) is 12.2 Å². The number of carbonyl (C=O) groups is 2. The molecule has 0 atom stereocenters. The Hall–Kier alpha value is -3.42. The predicted octanol–water partition coefficient (Wildman–Crippen LogP) is 1.92. The fourth-order valence-corrected chi connectivity index (χ4v) is 2.21. The Morgan fingerprint density at radius 3 is 2.60 bits per heavy atom. The minimum Gasteiger partial charge on any atom is -0.454 e. The summed E-state index contributed by atoms with van der Waals surface area (Å²) in [6, 6.07) is 11.8. The molecule has 0 saturated heterocycles. The van der Waals surface area contributed by atoms with Gasteiger partial charge in [-0.05, 0) is 36.4 Å². The molecule has 25 heavy (non-hydrogen) atoms. The number of aromatic nitrogens is 1. The number of nitrogens with one attached hydrogen (secondary N) is 1. The van der Waals surface area contributed by atoms with Crippen molar-refractivity contribution in [3.63, 3.8) is 0 Å². The molecular weight excluding hydrogens is 331 g/mol. The van der Waals surface area contributed by atoms with Crippen molar-refractivity contribution in [1.29, 1.82) is 0 Å².